The van der Waals surface area contributed by atoms with Crippen LogP contribution in [0.15, 0.2) is 29.6 Å². The molecule has 1 fully saturated rings. The molecule has 1 aliphatic heterocycles. The minimum atomic E-state index is -0.294. The van der Waals surface area contributed by atoms with Gasteiger partial charge in [0.25, 0.3) is 0 Å². The summed E-state index contributed by atoms with van der Waals surface area (Å²) in [4.78, 5) is 30.3. The molecule has 1 aromatic carbocycles. The van der Waals surface area contributed by atoms with Crippen molar-refractivity contribution in [2.75, 3.05) is 32.0 Å². The highest BCUT2D eigenvalue weighted by atomic mass is 32.1. The number of carbonyl (C=O) groups is 2. The van der Waals surface area contributed by atoms with E-state index in [1.54, 1.807) is 19.2 Å². The Balaban J connectivity index is 1.50. The molecule has 1 saturated heterocycles. The first-order valence-corrected chi connectivity index (χ1v) is 9.38. The van der Waals surface area contributed by atoms with Gasteiger partial charge in [-0.3, -0.25) is 14.5 Å². The lowest BCUT2D eigenvalue weighted by atomic mass is 9.96. The van der Waals surface area contributed by atoms with E-state index in [0.29, 0.717) is 10.8 Å². The summed E-state index contributed by atoms with van der Waals surface area (Å²) in [6.45, 7) is 1.74. The third-order valence-corrected chi connectivity index (χ3v) is 5.22. The Labute approximate surface area is 155 Å². The van der Waals surface area contributed by atoms with Gasteiger partial charge in [-0.2, -0.15) is 0 Å². The van der Waals surface area contributed by atoms with Crippen molar-refractivity contribution in [1.82, 2.24) is 15.2 Å². The van der Waals surface area contributed by atoms with Gasteiger partial charge in [-0.25, -0.2) is 9.37 Å². The van der Waals surface area contributed by atoms with E-state index < -0.39 is 0 Å². The molecule has 138 valence electrons. The van der Waals surface area contributed by atoms with Gasteiger partial charge in [0.1, 0.15) is 5.82 Å². The van der Waals surface area contributed by atoms with Crippen LogP contribution in [0.3, 0.4) is 0 Å². The number of aromatic nitrogens is 1. The minimum absolute atomic E-state index is 0.0385. The van der Waals surface area contributed by atoms with Crippen LogP contribution in [0.25, 0.3) is 11.3 Å². The summed E-state index contributed by atoms with van der Waals surface area (Å²) >= 11 is 1.34. The molecule has 1 aliphatic rings. The van der Waals surface area contributed by atoms with Crippen LogP contribution in [-0.4, -0.2) is 48.4 Å². The maximum atomic E-state index is 13.0. The fourth-order valence-electron chi connectivity index (χ4n) is 3.00. The van der Waals surface area contributed by atoms with Crippen molar-refractivity contribution in [1.29, 1.82) is 0 Å². The van der Waals surface area contributed by atoms with Gasteiger partial charge in [-0.15, -0.1) is 11.3 Å². The minimum Gasteiger partial charge on any atom is -0.359 e. The van der Waals surface area contributed by atoms with Crippen LogP contribution in [0.4, 0.5) is 9.52 Å². The van der Waals surface area contributed by atoms with Gasteiger partial charge in [-0.05, 0) is 50.2 Å². The third kappa shape index (κ3) is 4.64. The number of nitrogens with zero attached hydrogens (tertiary/aromatic N) is 2. The number of amides is 2. The molecular formula is C18H21FN4O2S. The summed E-state index contributed by atoms with van der Waals surface area (Å²) < 4.78 is 13.0. The topological polar surface area (TPSA) is 74.3 Å². The van der Waals surface area contributed by atoms with Crippen LogP contribution < -0.4 is 10.6 Å². The van der Waals surface area contributed by atoms with Gasteiger partial charge in [0, 0.05) is 23.9 Å². The zero-order valence-electron chi connectivity index (χ0n) is 14.5. The van der Waals surface area contributed by atoms with Gasteiger partial charge in [-0.1, -0.05) is 0 Å². The molecule has 3 rings (SSSR count). The van der Waals surface area contributed by atoms with Crippen molar-refractivity contribution in [3.8, 4) is 11.3 Å². The number of likely N-dealkylation sites (tertiary alicyclic amines) is 1. The van der Waals surface area contributed by atoms with Crippen molar-refractivity contribution >= 4 is 28.3 Å². The van der Waals surface area contributed by atoms with E-state index in [0.717, 1.165) is 31.5 Å². The number of nitrogens with one attached hydrogen (secondary N) is 2. The number of piperidine rings is 1. The van der Waals surface area contributed by atoms with Gasteiger partial charge >= 0.3 is 0 Å². The number of rotatable bonds is 5. The number of benzene rings is 1. The molecule has 0 spiro atoms. The molecule has 2 amide bonds. The molecule has 8 heteroatoms. The van der Waals surface area contributed by atoms with Crippen LogP contribution in [-0.2, 0) is 9.59 Å². The Hall–Kier alpha value is -2.32. The second-order valence-electron chi connectivity index (χ2n) is 6.26. The SMILES string of the molecule is CNC(=O)C1CCN(CC(=O)Nc2nc(-c3ccc(F)cc3)cs2)CC1. The molecule has 2 aromatic rings. The van der Waals surface area contributed by atoms with Crippen molar-refractivity contribution in [2.45, 2.75) is 12.8 Å². The second-order valence-corrected chi connectivity index (χ2v) is 7.12. The molecule has 0 bridgehead atoms. The van der Waals surface area contributed by atoms with Crippen LogP contribution in [0.2, 0.25) is 0 Å². The summed E-state index contributed by atoms with van der Waals surface area (Å²) in [7, 11) is 1.65. The highest BCUT2D eigenvalue weighted by molar-refractivity contribution is 7.14. The molecule has 1 aromatic heterocycles. The van der Waals surface area contributed by atoms with E-state index in [2.05, 4.69) is 15.6 Å². The molecule has 2 N–H and O–H groups in total. The lowest BCUT2D eigenvalue weighted by Gasteiger charge is -2.30. The standard InChI is InChI=1S/C18H21FN4O2S/c1-20-17(25)13-6-8-23(9-7-13)10-16(24)22-18-21-15(11-26-18)12-2-4-14(19)5-3-12/h2-5,11,13H,6-10H2,1H3,(H,20,25)(H,21,22,24). The van der Waals surface area contributed by atoms with E-state index in [-0.39, 0.29) is 30.1 Å². The number of hydrogen-bond acceptors (Lipinski definition) is 5. The van der Waals surface area contributed by atoms with Crippen molar-refractivity contribution in [3.63, 3.8) is 0 Å². The smallest absolute Gasteiger partial charge is 0.240 e. The largest absolute Gasteiger partial charge is 0.359 e. The summed E-state index contributed by atoms with van der Waals surface area (Å²) in [6.07, 6.45) is 1.53. The van der Waals surface area contributed by atoms with Gasteiger partial charge in [0.15, 0.2) is 5.13 Å². The third-order valence-electron chi connectivity index (χ3n) is 4.46. The summed E-state index contributed by atoms with van der Waals surface area (Å²) in [5.74, 6) is -0.303. The van der Waals surface area contributed by atoms with E-state index in [1.165, 1.54) is 23.5 Å². The predicted molar refractivity (Wildman–Crippen MR) is 99.4 cm³/mol. The van der Waals surface area contributed by atoms with Gasteiger partial charge in [0.2, 0.25) is 11.8 Å². The number of thiazole rings is 1. The molecular weight excluding hydrogens is 355 g/mol. The fraction of sp³-hybridized carbons (Fsp3) is 0.389. The van der Waals surface area contributed by atoms with E-state index in [4.69, 9.17) is 0 Å². The van der Waals surface area contributed by atoms with Crippen molar-refractivity contribution < 1.29 is 14.0 Å². The Morgan fingerprint density at radius 1 is 1.27 bits per heavy atom. The maximum Gasteiger partial charge on any atom is 0.240 e. The van der Waals surface area contributed by atoms with Crippen molar-refractivity contribution in [2.24, 2.45) is 5.92 Å². The number of carbonyl (C=O) groups excluding carboxylic acids is 2. The fourth-order valence-corrected chi connectivity index (χ4v) is 3.74. The Morgan fingerprint density at radius 3 is 2.62 bits per heavy atom. The first-order chi connectivity index (χ1) is 12.5. The van der Waals surface area contributed by atoms with E-state index in [1.807, 2.05) is 10.3 Å². The molecule has 6 nitrogen and oxygen atoms in total. The molecule has 0 radical (unpaired) electrons. The Bertz CT molecular complexity index is 770. The number of anilines is 1. The zero-order valence-corrected chi connectivity index (χ0v) is 15.3. The molecule has 0 saturated carbocycles. The lowest BCUT2D eigenvalue weighted by Crippen LogP contribution is -2.42. The van der Waals surface area contributed by atoms with Crippen molar-refractivity contribution in [3.05, 3.63) is 35.5 Å². The normalized spacial score (nSPS) is 15.6. The molecule has 0 atom stereocenters. The van der Waals surface area contributed by atoms with E-state index in [9.17, 15) is 14.0 Å². The highest BCUT2D eigenvalue weighted by Gasteiger charge is 2.25. The Kier molecular flexibility index (Phi) is 5.95. The average Bonchev–Trinajstić information content (AvgIpc) is 3.10. The van der Waals surface area contributed by atoms with E-state index >= 15 is 0 Å². The first-order valence-electron chi connectivity index (χ1n) is 8.50. The average molecular weight is 376 g/mol. The number of halogens is 1. The molecule has 0 aliphatic carbocycles. The van der Waals surface area contributed by atoms with Gasteiger partial charge in [0.05, 0.1) is 12.2 Å². The Morgan fingerprint density at radius 2 is 1.96 bits per heavy atom. The monoisotopic (exact) mass is 376 g/mol. The van der Waals surface area contributed by atoms with Gasteiger partial charge < -0.3 is 10.6 Å². The zero-order chi connectivity index (χ0) is 18.5. The highest BCUT2D eigenvalue weighted by Crippen LogP contribution is 2.25. The summed E-state index contributed by atoms with van der Waals surface area (Å²) in [5.41, 5.74) is 1.51. The summed E-state index contributed by atoms with van der Waals surface area (Å²) in [5, 5.41) is 7.84. The molecule has 0 unspecified atom stereocenters. The van der Waals surface area contributed by atoms with Crippen LogP contribution >= 0.6 is 11.3 Å². The maximum absolute atomic E-state index is 13.0. The van der Waals surface area contributed by atoms with Crippen LogP contribution in [0.1, 0.15) is 12.8 Å². The molecule has 26 heavy (non-hydrogen) atoms. The van der Waals surface area contributed by atoms with Crippen LogP contribution in [0, 0.1) is 11.7 Å². The summed E-state index contributed by atoms with van der Waals surface area (Å²) in [6, 6.07) is 6.09. The first kappa shape index (κ1) is 18.5. The number of hydrogen-bond donors (Lipinski definition) is 2. The lowest BCUT2D eigenvalue weighted by molar-refractivity contribution is -0.126. The predicted octanol–water partition coefficient (Wildman–Crippen LogP) is 2.35. The van der Waals surface area contributed by atoms with Crippen LogP contribution in [0.5, 0.6) is 0 Å². The molecule has 2 heterocycles. The second kappa shape index (κ2) is 8.37. The quantitative estimate of drug-likeness (QED) is 0.840.